The van der Waals surface area contributed by atoms with Gasteiger partial charge in [-0.1, -0.05) is 31.9 Å². The Kier molecular flexibility index (Phi) is 6.37. The van der Waals surface area contributed by atoms with E-state index < -0.39 is 5.54 Å². The van der Waals surface area contributed by atoms with Crippen LogP contribution in [0.5, 0.6) is 0 Å². The summed E-state index contributed by atoms with van der Waals surface area (Å²) in [5, 5.41) is 5.85. The van der Waals surface area contributed by atoms with Crippen molar-refractivity contribution in [3.8, 4) is 0 Å². The molecule has 1 aromatic carbocycles. The Hall–Kier alpha value is -1.88. The molecule has 0 aromatic heterocycles. The summed E-state index contributed by atoms with van der Waals surface area (Å²) in [4.78, 5) is 24.0. The molecule has 1 aromatic rings. The van der Waals surface area contributed by atoms with Crippen LogP contribution in [0, 0.1) is 5.92 Å². The lowest BCUT2D eigenvalue weighted by Gasteiger charge is -2.37. The fourth-order valence-corrected chi connectivity index (χ4v) is 3.26. The Morgan fingerprint density at radius 3 is 2.58 bits per heavy atom. The van der Waals surface area contributed by atoms with Crippen molar-refractivity contribution in [2.45, 2.75) is 64.5 Å². The average Bonchev–Trinajstić information content (AvgIpc) is 2.53. The van der Waals surface area contributed by atoms with Crippen molar-refractivity contribution >= 4 is 17.5 Å². The smallest absolute Gasteiger partial charge is 0.225 e. The number of rotatable bonds is 6. The van der Waals surface area contributed by atoms with E-state index in [0.717, 1.165) is 43.4 Å². The van der Waals surface area contributed by atoms with Gasteiger partial charge in [0.1, 0.15) is 0 Å². The lowest BCUT2D eigenvalue weighted by atomic mass is 9.74. The molecule has 0 heterocycles. The van der Waals surface area contributed by atoms with Gasteiger partial charge in [0.15, 0.2) is 0 Å². The normalized spacial score (nSPS) is 23.5. The Labute approximate surface area is 144 Å². The SMILES string of the molecule is CCCC(=O)Nc1ccc(CNC(=O)C2CCCCC2(C)N)cc1. The lowest BCUT2D eigenvalue weighted by Crippen LogP contribution is -2.52. The maximum absolute atomic E-state index is 12.4. The van der Waals surface area contributed by atoms with Crippen LogP contribution in [0.4, 0.5) is 5.69 Å². The number of benzene rings is 1. The molecule has 2 unspecified atom stereocenters. The standard InChI is InChI=1S/C19H29N3O2/c1-3-6-17(23)22-15-10-8-14(9-11-15)13-21-18(24)16-7-4-5-12-19(16,2)20/h8-11,16H,3-7,12-13,20H2,1-2H3,(H,21,24)(H,22,23). The van der Waals surface area contributed by atoms with Gasteiger partial charge >= 0.3 is 0 Å². The minimum absolute atomic E-state index is 0.0260. The van der Waals surface area contributed by atoms with Gasteiger partial charge in [-0.05, 0) is 43.9 Å². The molecule has 5 nitrogen and oxygen atoms in total. The number of nitrogens with two attached hydrogens (primary N) is 1. The molecule has 1 aliphatic rings. The van der Waals surface area contributed by atoms with Gasteiger partial charge in [-0.25, -0.2) is 0 Å². The zero-order valence-corrected chi connectivity index (χ0v) is 14.7. The molecule has 24 heavy (non-hydrogen) atoms. The van der Waals surface area contributed by atoms with Crippen LogP contribution < -0.4 is 16.4 Å². The van der Waals surface area contributed by atoms with Crippen LogP contribution in [0.25, 0.3) is 0 Å². The fraction of sp³-hybridized carbons (Fsp3) is 0.579. The Balaban J connectivity index is 1.85. The highest BCUT2D eigenvalue weighted by atomic mass is 16.2. The van der Waals surface area contributed by atoms with Crippen molar-refractivity contribution in [3.63, 3.8) is 0 Å². The Morgan fingerprint density at radius 2 is 1.96 bits per heavy atom. The van der Waals surface area contributed by atoms with Crippen molar-refractivity contribution in [2.75, 3.05) is 5.32 Å². The topological polar surface area (TPSA) is 84.2 Å². The summed E-state index contributed by atoms with van der Waals surface area (Å²) in [6.45, 7) is 4.43. The van der Waals surface area contributed by atoms with Gasteiger partial charge in [-0.3, -0.25) is 9.59 Å². The van der Waals surface area contributed by atoms with Gasteiger partial charge in [-0.15, -0.1) is 0 Å². The van der Waals surface area contributed by atoms with Gasteiger partial charge < -0.3 is 16.4 Å². The second-order valence-corrected chi connectivity index (χ2v) is 7.02. The molecular weight excluding hydrogens is 302 g/mol. The molecule has 1 fully saturated rings. The molecule has 1 aliphatic carbocycles. The van der Waals surface area contributed by atoms with Gasteiger partial charge in [0.25, 0.3) is 0 Å². The number of nitrogens with one attached hydrogen (secondary N) is 2. The highest BCUT2D eigenvalue weighted by Gasteiger charge is 2.37. The van der Waals surface area contributed by atoms with Gasteiger partial charge in [0.2, 0.25) is 11.8 Å². The molecule has 4 N–H and O–H groups in total. The maximum Gasteiger partial charge on any atom is 0.225 e. The highest BCUT2D eigenvalue weighted by Crippen LogP contribution is 2.31. The third kappa shape index (κ3) is 5.06. The van der Waals surface area contributed by atoms with Gasteiger partial charge in [0, 0.05) is 24.2 Å². The zero-order chi connectivity index (χ0) is 17.6. The quantitative estimate of drug-likeness (QED) is 0.749. The maximum atomic E-state index is 12.4. The van der Waals surface area contributed by atoms with Crippen molar-refractivity contribution in [2.24, 2.45) is 11.7 Å². The number of anilines is 1. The van der Waals surface area contributed by atoms with Crippen molar-refractivity contribution in [1.82, 2.24) is 5.32 Å². The Bertz CT molecular complexity index is 566. The monoisotopic (exact) mass is 331 g/mol. The first-order valence-corrected chi connectivity index (χ1v) is 8.88. The second-order valence-electron chi connectivity index (χ2n) is 7.02. The Morgan fingerprint density at radius 1 is 1.25 bits per heavy atom. The first-order chi connectivity index (χ1) is 11.4. The summed E-state index contributed by atoms with van der Waals surface area (Å²) < 4.78 is 0. The van der Waals surface area contributed by atoms with E-state index in [-0.39, 0.29) is 17.7 Å². The number of amides is 2. The van der Waals surface area contributed by atoms with Crippen LogP contribution in [0.2, 0.25) is 0 Å². The van der Waals surface area contributed by atoms with Crippen LogP contribution in [0.1, 0.15) is 57.9 Å². The number of carbonyl (C=O) groups is 2. The predicted molar refractivity (Wildman–Crippen MR) is 96.4 cm³/mol. The summed E-state index contributed by atoms with van der Waals surface area (Å²) in [5.74, 6) is -0.0445. The lowest BCUT2D eigenvalue weighted by molar-refractivity contribution is -0.128. The molecule has 2 atom stereocenters. The van der Waals surface area contributed by atoms with E-state index in [4.69, 9.17) is 5.73 Å². The van der Waals surface area contributed by atoms with E-state index in [2.05, 4.69) is 10.6 Å². The first kappa shape index (κ1) is 18.5. The zero-order valence-electron chi connectivity index (χ0n) is 14.7. The second kappa shape index (κ2) is 8.29. The van der Waals surface area contributed by atoms with Crippen molar-refractivity contribution in [3.05, 3.63) is 29.8 Å². The van der Waals surface area contributed by atoms with E-state index in [1.807, 2.05) is 38.1 Å². The minimum atomic E-state index is -0.407. The summed E-state index contributed by atoms with van der Waals surface area (Å²) >= 11 is 0. The van der Waals surface area contributed by atoms with Crippen LogP contribution in [-0.2, 0) is 16.1 Å². The van der Waals surface area contributed by atoms with E-state index in [9.17, 15) is 9.59 Å². The summed E-state index contributed by atoms with van der Waals surface area (Å²) in [6.07, 6.45) is 5.28. The molecule has 5 heteroatoms. The number of carbonyl (C=O) groups excluding carboxylic acids is 2. The van der Waals surface area contributed by atoms with Gasteiger partial charge in [-0.2, -0.15) is 0 Å². The molecule has 1 saturated carbocycles. The molecule has 2 amide bonds. The highest BCUT2D eigenvalue weighted by molar-refractivity contribution is 5.90. The fourth-order valence-electron chi connectivity index (χ4n) is 3.26. The predicted octanol–water partition coefficient (Wildman–Crippen LogP) is 2.95. The largest absolute Gasteiger partial charge is 0.352 e. The van der Waals surface area contributed by atoms with Crippen LogP contribution in [0.15, 0.2) is 24.3 Å². The molecule has 0 saturated heterocycles. The van der Waals surface area contributed by atoms with E-state index in [0.29, 0.717) is 13.0 Å². The summed E-state index contributed by atoms with van der Waals surface area (Å²) in [7, 11) is 0. The van der Waals surface area contributed by atoms with Crippen LogP contribution in [-0.4, -0.2) is 17.4 Å². The first-order valence-electron chi connectivity index (χ1n) is 8.88. The number of hydrogen-bond donors (Lipinski definition) is 3. The summed E-state index contributed by atoms with van der Waals surface area (Å²) in [6, 6.07) is 7.57. The van der Waals surface area contributed by atoms with E-state index in [1.165, 1.54) is 0 Å². The van der Waals surface area contributed by atoms with Crippen molar-refractivity contribution in [1.29, 1.82) is 0 Å². The molecular formula is C19H29N3O2. The average molecular weight is 331 g/mol. The molecule has 0 radical (unpaired) electrons. The molecule has 0 aliphatic heterocycles. The molecule has 132 valence electrons. The van der Waals surface area contributed by atoms with E-state index in [1.54, 1.807) is 0 Å². The number of hydrogen-bond acceptors (Lipinski definition) is 3. The summed E-state index contributed by atoms with van der Waals surface area (Å²) in [5.41, 5.74) is 7.66. The minimum Gasteiger partial charge on any atom is -0.352 e. The third-order valence-corrected chi connectivity index (χ3v) is 4.75. The molecule has 0 spiro atoms. The van der Waals surface area contributed by atoms with E-state index >= 15 is 0 Å². The third-order valence-electron chi connectivity index (χ3n) is 4.75. The van der Waals surface area contributed by atoms with Gasteiger partial charge in [0.05, 0.1) is 5.92 Å². The van der Waals surface area contributed by atoms with Crippen LogP contribution in [0.3, 0.4) is 0 Å². The molecule has 2 rings (SSSR count). The van der Waals surface area contributed by atoms with Crippen LogP contribution >= 0.6 is 0 Å². The molecule has 0 bridgehead atoms. The van der Waals surface area contributed by atoms with Crippen molar-refractivity contribution < 1.29 is 9.59 Å².